The normalized spacial score (nSPS) is 14.5. The summed E-state index contributed by atoms with van der Waals surface area (Å²) in [7, 11) is 0. The van der Waals surface area contributed by atoms with Crippen LogP contribution in [0.25, 0.3) is 11.1 Å². The molecule has 35 heavy (non-hydrogen) atoms. The highest BCUT2D eigenvalue weighted by atomic mass is 16.5. The van der Waals surface area contributed by atoms with Gasteiger partial charge in [0.25, 0.3) is 0 Å². The van der Waals surface area contributed by atoms with Crippen molar-refractivity contribution in [1.82, 2.24) is 0 Å². The zero-order valence-corrected chi connectivity index (χ0v) is 22.9. The number of carbonyl (C=O) groups excluding carboxylic acids is 2. The van der Waals surface area contributed by atoms with Crippen LogP contribution in [-0.4, -0.2) is 29.6 Å². The molecule has 1 aliphatic carbocycles. The molecule has 0 fully saturated rings. The number of esters is 1. The predicted molar refractivity (Wildman–Crippen MR) is 143 cm³/mol. The van der Waals surface area contributed by atoms with Gasteiger partial charge in [0.15, 0.2) is 0 Å². The molecule has 0 aliphatic heterocycles. The first-order valence-electron chi connectivity index (χ1n) is 12.7. The molecule has 2 aromatic carbocycles. The van der Waals surface area contributed by atoms with E-state index < -0.39 is 0 Å². The fourth-order valence-electron chi connectivity index (χ4n) is 3.98. The predicted octanol–water partition coefficient (Wildman–Crippen LogP) is 7.07. The van der Waals surface area contributed by atoms with Crippen LogP contribution in [0.15, 0.2) is 30.3 Å². The summed E-state index contributed by atoms with van der Waals surface area (Å²) in [6.45, 7) is 15.4. The number of hydrogen-bond donors (Lipinski definition) is 1. The number of aliphatic hydroxyl groups is 1. The lowest BCUT2D eigenvalue weighted by Crippen LogP contribution is -2.15. The number of aliphatic hydroxyl groups excluding tert-OH is 1. The summed E-state index contributed by atoms with van der Waals surface area (Å²) in [5, 5.41) is 10.2. The molecule has 3 rings (SSSR count). The standard InChI is InChI=1S/C23H28O4.C4H10.C3H6O/c1-14-12-18(26-11-10-16(3)27-17(4)24)13-15(2)23(14)21-7-5-6-20-19(21)8-9-22(20)25;1-3-4-2;1-3(2)4/h5-7,12-13,16,22,25H,8-11H2,1-4H3;3-4H2,1-2H3;1-2H3. The van der Waals surface area contributed by atoms with Crippen LogP contribution >= 0.6 is 0 Å². The van der Waals surface area contributed by atoms with Crippen molar-refractivity contribution in [3.8, 4) is 16.9 Å². The van der Waals surface area contributed by atoms with Crippen LogP contribution in [-0.2, 0) is 20.7 Å². The molecule has 0 radical (unpaired) electrons. The average Bonchev–Trinajstić information content (AvgIpc) is 3.14. The van der Waals surface area contributed by atoms with Gasteiger partial charge in [-0.15, -0.1) is 0 Å². The van der Waals surface area contributed by atoms with Crippen LogP contribution in [0.1, 0.15) is 95.6 Å². The third-order valence-corrected chi connectivity index (χ3v) is 5.67. The quantitative estimate of drug-likeness (QED) is 0.425. The van der Waals surface area contributed by atoms with Gasteiger partial charge in [-0.25, -0.2) is 0 Å². The molecule has 2 atom stereocenters. The van der Waals surface area contributed by atoms with Gasteiger partial charge < -0.3 is 19.4 Å². The van der Waals surface area contributed by atoms with Crippen LogP contribution in [0.5, 0.6) is 5.75 Å². The topological polar surface area (TPSA) is 72.8 Å². The largest absolute Gasteiger partial charge is 0.493 e. The van der Waals surface area contributed by atoms with Crippen molar-refractivity contribution in [3.63, 3.8) is 0 Å². The molecule has 1 aliphatic rings. The molecular formula is C30H44O5. The lowest BCUT2D eigenvalue weighted by atomic mass is 9.90. The van der Waals surface area contributed by atoms with E-state index in [9.17, 15) is 14.7 Å². The van der Waals surface area contributed by atoms with Gasteiger partial charge in [0.05, 0.1) is 12.7 Å². The summed E-state index contributed by atoms with van der Waals surface area (Å²) < 4.78 is 11.0. The average molecular weight is 485 g/mol. The number of ether oxygens (including phenoxy) is 2. The van der Waals surface area contributed by atoms with E-state index in [4.69, 9.17) is 9.47 Å². The molecule has 0 spiro atoms. The van der Waals surface area contributed by atoms with E-state index in [0.29, 0.717) is 13.0 Å². The fraction of sp³-hybridized carbons (Fsp3) is 0.533. The molecule has 1 N–H and O–H groups in total. The summed E-state index contributed by atoms with van der Waals surface area (Å²) in [5.41, 5.74) is 7.09. The molecule has 5 heteroatoms. The van der Waals surface area contributed by atoms with E-state index in [2.05, 4.69) is 45.9 Å². The lowest BCUT2D eigenvalue weighted by molar-refractivity contribution is -0.145. The minimum atomic E-state index is -0.345. The second kappa shape index (κ2) is 15.4. The molecule has 0 saturated carbocycles. The van der Waals surface area contributed by atoms with Gasteiger partial charge in [-0.2, -0.15) is 0 Å². The molecule has 0 aromatic heterocycles. The Balaban J connectivity index is 0.000000668. The molecule has 0 heterocycles. The van der Waals surface area contributed by atoms with Crippen LogP contribution in [0.4, 0.5) is 0 Å². The number of benzene rings is 2. The Hall–Kier alpha value is -2.66. The fourth-order valence-corrected chi connectivity index (χ4v) is 3.98. The first-order valence-corrected chi connectivity index (χ1v) is 12.7. The number of carbonyl (C=O) groups is 2. The first-order chi connectivity index (χ1) is 16.5. The first kappa shape index (κ1) is 30.4. The van der Waals surface area contributed by atoms with Crippen LogP contribution < -0.4 is 4.74 Å². The van der Waals surface area contributed by atoms with Gasteiger partial charge in [-0.1, -0.05) is 44.9 Å². The second-order valence-corrected chi connectivity index (χ2v) is 9.33. The smallest absolute Gasteiger partial charge is 0.302 e. The van der Waals surface area contributed by atoms with Crippen molar-refractivity contribution >= 4 is 11.8 Å². The maximum absolute atomic E-state index is 11.0. The van der Waals surface area contributed by atoms with Gasteiger partial charge >= 0.3 is 5.97 Å². The molecule has 0 amide bonds. The maximum Gasteiger partial charge on any atom is 0.302 e. The summed E-state index contributed by atoms with van der Waals surface area (Å²) >= 11 is 0. The molecule has 2 unspecified atom stereocenters. The molecular weight excluding hydrogens is 440 g/mol. The number of aryl methyl sites for hydroxylation is 2. The monoisotopic (exact) mass is 484 g/mol. The number of hydrogen-bond acceptors (Lipinski definition) is 5. The van der Waals surface area contributed by atoms with E-state index in [-0.39, 0.29) is 24.0 Å². The number of ketones is 1. The van der Waals surface area contributed by atoms with Crippen LogP contribution in [0.3, 0.4) is 0 Å². The van der Waals surface area contributed by atoms with E-state index in [0.717, 1.165) is 35.3 Å². The van der Waals surface area contributed by atoms with Crippen molar-refractivity contribution in [3.05, 3.63) is 52.6 Å². The highest BCUT2D eigenvalue weighted by molar-refractivity contribution is 5.76. The molecule has 5 nitrogen and oxygen atoms in total. The molecule has 0 saturated heterocycles. The van der Waals surface area contributed by atoms with E-state index in [1.165, 1.54) is 50.3 Å². The maximum atomic E-state index is 11.0. The summed E-state index contributed by atoms with van der Waals surface area (Å²) in [5.74, 6) is 0.732. The van der Waals surface area contributed by atoms with E-state index in [1.54, 1.807) is 0 Å². The lowest BCUT2D eigenvalue weighted by Gasteiger charge is -2.17. The van der Waals surface area contributed by atoms with Crippen molar-refractivity contribution in [2.24, 2.45) is 0 Å². The highest BCUT2D eigenvalue weighted by Gasteiger charge is 2.24. The van der Waals surface area contributed by atoms with Gasteiger partial charge in [0, 0.05) is 13.3 Å². The number of unbranched alkanes of at least 4 members (excludes halogenated alkanes) is 1. The SMILES string of the molecule is CC(=O)OC(C)CCOc1cc(C)c(-c2cccc3c2CCC3O)c(C)c1.CC(C)=O.CCCC. The van der Waals surface area contributed by atoms with Crippen molar-refractivity contribution in [2.45, 2.75) is 99.7 Å². The van der Waals surface area contributed by atoms with Gasteiger partial charge in [0.2, 0.25) is 0 Å². The minimum Gasteiger partial charge on any atom is -0.493 e. The Morgan fingerprint density at radius 3 is 2.14 bits per heavy atom. The van der Waals surface area contributed by atoms with E-state index in [1.807, 2.05) is 19.1 Å². The third-order valence-electron chi connectivity index (χ3n) is 5.67. The van der Waals surface area contributed by atoms with E-state index >= 15 is 0 Å². The molecule has 0 bridgehead atoms. The van der Waals surface area contributed by atoms with Crippen molar-refractivity contribution < 1.29 is 24.2 Å². The molecule has 194 valence electrons. The number of Topliss-reactive ketones (excluding diaryl/α,β-unsaturated/α-hetero) is 1. The van der Waals surface area contributed by atoms with Crippen molar-refractivity contribution in [1.29, 1.82) is 0 Å². The summed E-state index contributed by atoms with van der Waals surface area (Å²) in [4.78, 5) is 20.4. The van der Waals surface area contributed by atoms with Crippen molar-refractivity contribution in [2.75, 3.05) is 6.61 Å². The summed E-state index contributed by atoms with van der Waals surface area (Å²) in [6.07, 6.45) is 4.51. The number of rotatable bonds is 7. The van der Waals surface area contributed by atoms with Gasteiger partial charge in [0.1, 0.15) is 17.6 Å². The van der Waals surface area contributed by atoms with Crippen LogP contribution in [0.2, 0.25) is 0 Å². The molecule has 2 aromatic rings. The van der Waals surface area contributed by atoms with Gasteiger partial charge in [-0.05, 0) is 93.0 Å². The number of fused-ring (bicyclic) bond motifs is 1. The minimum absolute atomic E-state index is 0.151. The Morgan fingerprint density at radius 1 is 1.06 bits per heavy atom. The Bertz CT molecular complexity index is 934. The van der Waals surface area contributed by atoms with Crippen LogP contribution in [0, 0.1) is 13.8 Å². The zero-order chi connectivity index (χ0) is 26.5. The third kappa shape index (κ3) is 10.2. The second-order valence-electron chi connectivity index (χ2n) is 9.33. The summed E-state index contributed by atoms with van der Waals surface area (Å²) in [6, 6.07) is 10.3. The highest BCUT2D eigenvalue weighted by Crippen LogP contribution is 2.40. The zero-order valence-electron chi connectivity index (χ0n) is 22.9. The Kier molecular flexibility index (Phi) is 13.3. The Morgan fingerprint density at radius 2 is 1.63 bits per heavy atom. The van der Waals surface area contributed by atoms with Gasteiger partial charge in [-0.3, -0.25) is 4.79 Å². The Labute approximate surface area is 211 Å².